The number of rotatable bonds is 10. The number of nitrogens with one attached hydrogen (secondary N) is 1. The third-order valence-electron chi connectivity index (χ3n) is 6.01. The highest BCUT2D eigenvalue weighted by molar-refractivity contribution is 7.92. The first-order valence-electron chi connectivity index (χ1n) is 11.8. The van der Waals surface area contributed by atoms with Gasteiger partial charge in [0.25, 0.3) is 5.91 Å². The summed E-state index contributed by atoms with van der Waals surface area (Å²) in [4.78, 5) is 30.1. The lowest BCUT2D eigenvalue weighted by atomic mass is 9.90. The zero-order valence-electron chi connectivity index (χ0n) is 20.9. The fourth-order valence-electron chi connectivity index (χ4n) is 3.58. The number of sulfone groups is 1. The second kappa shape index (κ2) is 10.8. The molecule has 0 radical (unpaired) electrons. The van der Waals surface area contributed by atoms with Crippen molar-refractivity contribution in [3.63, 3.8) is 0 Å². The maximum Gasteiger partial charge on any atom is 0.317 e. The average Bonchev–Trinajstić information content (AvgIpc) is 3.63. The van der Waals surface area contributed by atoms with Gasteiger partial charge in [0.1, 0.15) is 11.2 Å². The predicted molar refractivity (Wildman–Crippen MR) is 137 cm³/mol. The van der Waals surface area contributed by atoms with Gasteiger partial charge >= 0.3 is 5.97 Å². The molecule has 2 aromatic carbocycles. The molecule has 3 aromatic rings. The molecule has 8 nitrogen and oxygen atoms in total. The minimum Gasteiger partial charge on any atom is -0.473 e. The Balaban J connectivity index is 1.61. The fourth-order valence-corrected chi connectivity index (χ4v) is 6.12. The molecule has 4 rings (SSSR count). The number of hydrogen-bond donors (Lipinski definition) is 1. The molecule has 1 atom stereocenters. The minimum absolute atomic E-state index is 0.113. The van der Waals surface area contributed by atoms with Crippen molar-refractivity contribution in [2.75, 3.05) is 11.9 Å². The van der Waals surface area contributed by atoms with E-state index >= 15 is 0 Å². The molecule has 1 amide bonds. The van der Waals surface area contributed by atoms with Crippen LogP contribution in [0.15, 0.2) is 52.7 Å². The molecule has 0 saturated heterocycles. The first-order valence-corrected chi connectivity index (χ1v) is 14.3. The Morgan fingerprint density at radius 1 is 1.16 bits per heavy atom. The molecule has 0 spiro atoms. The molecular weight excluding hydrogens is 538 g/mol. The summed E-state index contributed by atoms with van der Waals surface area (Å²) in [7, 11) is -3.46. The third-order valence-corrected chi connectivity index (χ3v) is 9.05. The second-order valence-corrected chi connectivity index (χ2v) is 12.3. The highest BCUT2D eigenvalue weighted by atomic mass is 32.2. The lowest BCUT2D eigenvalue weighted by Crippen LogP contribution is -2.31. The van der Waals surface area contributed by atoms with Crippen molar-refractivity contribution >= 4 is 38.2 Å². The van der Waals surface area contributed by atoms with Gasteiger partial charge in [-0.1, -0.05) is 12.1 Å². The van der Waals surface area contributed by atoms with E-state index in [4.69, 9.17) is 9.47 Å². The van der Waals surface area contributed by atoms with E-state index in [-0.39, 0.29) is 27.9 Å². The highest BCUT2D eigenvalue weighted by Crippen LogP contribution is 2.35. The maximum absolute atomic E-state index is 14.4. The number of nitrogens with zero attached hydrogens (tertiary/aromatic N) is 1. The first kappa shape index (κ1) is 27.6. The minimum atomic E-state index is -3.46. The lowest BCUT2D eigenvalue weighted by Gasteiger charge is -2.20. The van der Waals surface area contributed by atoms with Gasteiger partial charge in [-0.05, 0) is 57.9 Å². The van der Waals surface area contributed by atoms with Crippen LogP contribution in [0.25, 0.3) is 0 Å². The molecule has 1 aliphatic carbocycles. The number of carbonyl (C=O) groups excluding carboxylic acids is 2. The summed E-state index contributed by atoms with van der Waals surface area (Å²) in [5, 5.41) is 3.96. The molecule has 1 fully saturated rings. The van der Waals surface area contributed by atoms with Crippen LogP contribution < -0.4 is 10.1 Å². The standard InChI is InChI=1S/C26H26F2N2O6S2/c1-4-35-24(32)26(2,3)21-14-37-25(29-21)30-23(31)22(36-20-12-7-16(27)13-19(20)28)15-5-8-17(9-6-15)38(33,34)18-10-11-18/h5-9,12-14,18,22H,4,10-11H2,1-3H3,(H,29,30,31). The van der Waals surface area contributed by atoms with E-state index < -0.39 is 50.1 Å². The van der Waals surface area contributed by atoms with E-state index in [0.29, 0.717) is 24.6 Å². The van der Waals surface area contributed by atoms with Crippen LogP contribution >= 0.6 is 11.3 Å². The summed E-state index contributed by atoms with van der Waals surface area (Å²) in [6.45, 7) is 5.19. The number of anilines is 1. The van der Waals surface area contributed by atoms with Gasteiger partial charge in [-0.2, -0.15) is 0 Å². The quantitative estimate of drug-likeness (QED) is 0.347. The molecule has 1 aliphatic rings. The fraction of sp³-hybridized carbons (Fsp3) is 0.346. The van der Waals surface area contributed by atoms with Crippen molar-refractivity contribution in [3.05, 3.63) is 70.7 Å². The van der Waals surface area contributed by atoms with E-state index in [2.05, 4.69) is 10.3 Å². The summed E-state index contributed by atoms with van der Waals surface area (Å²) in [5.74, 6) is -3.41. The maximum atomic E-state index is 14.4. The van der Waals surface area contributed by atoms with Crippen LogP contribution in [0.3, 0.4) is 0 Å². The van der Waals surface area contributed by atoms with Crippen LogP contribution in [-0.2, 0) is 29.6 Å². The van der Waals surface area contributed by atoms with Crippen LogP contribution in [0, 0.1) is 11.6 Å². The van der Waals surface area contributed by atoms with Gasteiger partial charge in [-0.3, -0.25) is 14.9 Å². The van der Waals surface area contributed by atoms with Crippen molar-refractivity contribution in [2.24, 2.45) is 0 Å². The zero-order valence-corrected chi connectivity index (χ0v) is 22.5. The van der Waals surface area contributed by atoms with Gasteiger partial charge in [0, 0.05) is 17.0 Å². The molecule has 1 unspecified atom stereocenters. The molecule has 38 heavy (non-hydrogen) atoms. The van der Waals surface area contributed by atoms with Crippen LogP contribution in [-0.4, -0.2) is 37.1 Å². The Morgan fingerprint density at radius 2 is 1.84 bits per heavy atom. The van der Waals surface area contributed by atoms with Crippen molar-refractivity contribution in [1.82, 2.24) is 4.98 Å². The van der Waals surface area contributed by atoms with Crippen LogP contribution in [0.4, 0.5) is 13.9 Å². The third kappa shape index (κ3) is 5.86. The van der Waals surface area contributed by atoms with Crippen molar-refractivity contribution in [2.45, 2.75) is 55.3 Å². The van der Waals surface area contributed by atoms with Gasteiger partial charge in [0.05, 0.1) is 22.4 Å². The Kier molecular flexibility index (Phi) is 7.84. The topological polar surface area (TPSA) is 112 Å². The summed E-state index contributed by atoms with van der Waals surface area (Å²) in [5.41, 5.74) is -0.441. The monoisotopic (exact) mass is 564 g/mol. The molecule has 0 aliphatic heterocycles. The number of thiazole rings is 1. The molecule has 1 saturated carbocycles. The SMILES string of the molecule is CCOC(=O)C(C)(C)c1csc(NC(=O)C(Oc2ccc(F)cc2F)c2ccc(S(=O)(=O)C3CC3)cc2)n1. The number of carbonyl (C=O) groups is 2. The molecule has 202 valence electrons. The number of aromatic nitrogens is 1. The van der Waals surface area contributed by atoms with Gasteiger partial charge in [0.15, 0.2) is 26.5 Å². The Hall–Kier alpha value is -3.38. The summed E-state index contributed by atoms with van der Waals surface area (Å²) >= 11 is 1.07. The van der Waals surface area contributed by atoms with Gasteiger partial charge in [-0.15, -0.1) is 11.3 Å². The molecule has 1 heterocycles. The second-order valence-electron chi connectivity index (χ2n) is 9.26. The van der Waals surface area contributed by atoms with Crippen LogP contribution in [0.2, 0.25) is 0 Å². The van der Waals surface area contributed by atoms with Crippen LogP contribution in [0.1, 0.15) is 51.0 Å². The Morgan fingerprint density at radius 3 is 2.45 bits per heavy atom. The van der Waals surface area contributed by atoms with Crippen molar-refractivity contribution in [3.8, 4) is 5.75 Å². The van der Waals surface area contributed by atoms with Crippen molar-refractivity contribution in [1.29, 1.82) is 0 Å². The number of amides is 1. The molecule has 0 bridgehead atoms. The van der Waals surface area contributed by atoms with E-state index in [9.17, 15) is 26.8 Å². The van der Waals surface area contributed by atoms with E-state index in [1.165, 1.54) is 24.3 Å². The highest BCUT2D eigenvalue weighted by Gasteiger charge is 2.37. The predicted octanol–water partition coefficient (Wildman–Crippen LogP) is 4.96. The van der Waals surface area contributed by atoms with Crippen LogP contribution in [0.5, 0.6) is 5.75 Å². The molecular formula is C26H26F2N2O6S2. The summed E-state index contributed by atoms with van der Waals surface area (Å²) in [6, 6.07) is 8.24. The number of ether oxygens (including phenoxy) is 2. The first-order chi connectivity index (χ1) is 17.9. The lowest BCUT2D eigenvalue weighted by molar-refractivity contribution is -0.148. The molecule has 1 N–H and O–H groups in total. The average molecular weight is 565 g/mol. The Labute approximate surface area is 222 Å². The zero-order chi connectivity index (χ0) is 27.7. The smallest absolute Gasteiger partial charge is 0.317 e. The largest absolute Gasteiger partial charge is 0.473 e. The van der Waals surface area contributed by atoms with E-state index in [0.717, 1.165) is 23.5 Å². The van der Waals surface area contributed by atoms with Crippen molar-refractivity contribution < 1.29 is 36.3 Å². The van der Waals surface area contributed by atoms with Gasteiger partial charge in [0.2, 0.25) is 6.10 Å². The number of esters is 1. The molecule has 1 aromatic heterocycles. The Bertz CT molecular complexity index is 1450. The summed E-state index contributed by atoms with van der Waals surface area (Å²) < 4.78 is 63.6. The molecule has 12 heteroatoms. The summed E-state index contributed by atoms with van der Waals surface area (Å²) in [6.07, 6.45) is -0.228. The number of halogens is 2. The normalized spacial score (nSPS) is 14.6. The van der Waals surface area contributed by atoms with E-state index in [1.54, 1.807) is 26.2 Å². The van der Waals surface area contributed by atoms with Gasteiger partial charge < -0.3 is 9.47 Å². The van der Waals surface area contributed by atoms with Gasteiger partial charge in [-0.25, -0.2) is 22.2 Å². The van der Waals surface area contributed by atoms with E-state index in [1.807, 2.05) is 0 Å². The number of benzene rings is 2. The number of hydrogen-bond acceptors (Lipinski definition) is 8.